The highest BCUT2D eigenvalue weighted by atomic mass is 32.1. The van der Waals surface area contributed by atoms with E-state index in [1.54, 1.807) is 26.8 Å². The van der Waals surface area contributed by atoms with Crippen molar-refractivity contribution in [2.24, 2.45) is 0 Å². The Kier molecular flexibility index (Phi) is 6.58. The van der Waals surface area contributed by atoms with Gasteiger partial charge in [0.15, 0.2) is 5.11 Å². The van der Waals surface area contributed by atoms with Gasteiger partial charge in [0.05, 0.1) is 12.2 Å². The fraction of sp³-hybridized carbons (Fsp3) is 0.357. The number of H-pyrrole nitrogens is 1. The second kappa shape index (κ2) is 8.18. The van der Waals surface area contributed by atoms with E-state index in [4.69, 9.17) is 17.0 Å². The second-order valence-electron chi connectivity index (χ2n) is 4.42. The van der Waals surface area contributed by atoms with Gasteiger partial charge in [-0.05, 0) is 38.6 Å². The molecular weight excluding hydrogens is 304 g/mol. The lowest BCUT2D eigenvalue weighted by Gasteiger charge is -2.10. The smallest absolute Gasteiger partial charge is 0.340 e. The Morgan fingerprint density at radius 2 is 2.05 bits per heavy atom. The Morgan fingerprint density at radius 3 is 2.64 bits per heavy atom. The van der Waals surface area contributed by atoms with Gasteiger partial charge in [-0.1, -0.05) is 6.08 Å². The quantitative estimate of drug-likeness (QED) is 0.280. The summed E-state index contributed by atoms with van der Waals surface area (Å²) in [5, 5.41) is 3.07. The number of hydrogen-bond acceptors (Lipinski definition) is 4. The van der Waals surface area contributed by atoms with Crippen molar-refractivity contribution in [2.75, 3.05) is 13.2 Å². The fourth-order valence-corrected chi connectivity index (χ4v) is 2.01. The Bertz CT molecular complexity index is 595. The predicted octanol–water partition coefficient (Wildman–Crippen LogP) is 1.10. The Balaban J connectivity index is 2.78. The first-order valence-corrected chi connectivity index (χ1v) is 7.14. The number of hydrazine groups is 1. The zero-order valence-electron chi connectivity index (χ0n) is 12.8. The van der Waals surface area contributed by atoms with Gasteiger partial charge >= 0.3 is 5.97 Å². The first-order chi connectivity index (χ1) is 10.4. The van der Waals surface area contributed by atoms with E-state index in [0.29, 0.717) is 23.4 Å². The van der Waals surface area contributed by atoms with E-state index in [0.717, 1.165) is 0 Å². The van der Waals surface area contributed by atoms with Gasteiger partial charge in [-0.25, -0.2) is 4.79 Å². The Hall–Kier alpha value is -2.35. The molecule has 7 nitrogen and oxygen atoms in total. The summed E-state index contributed by atoms with van der Waals surface area (Å²) in [6.45, 7) is 9.41. The van der Waals surface area contributed by atoms with Gasteiger partial charge in [-0.15, -0.1) is 6.58 Å². The molecule has 1 aromatic rings. The standard InChI is InChI=1S/C14H20N4O3S/c1-5-7-15-14(22)18-17-12(19)11-8(3)10(9(4)16-11)13(20)21-6-2/h5,16H,1,6-7H2,2-4H3,(H,17,19)(H2,15,18,22). The van der Waals surface area contributed by atoms with Gasteiger partial charge < -0.3 is 15.0 Å². The van der Waals surface area contributed by atoms with Crippen molar-refractivity contribution < 1.29 is 14.3 Å². The number of nitrogens with one attached hydrogen (secondary N) is 4. The molecular formula is C14H20N4O3S. The van der Waals surface area contributed by atoms with Crippen LogP contribution in [0.5, 0.6) is 0 Å². The lowest BCUT2D eigenvalue weighted by atomic mass is 10.1. The molecule has 1 heterocycles. The predicted molar refractivity (Wildman–Crippen MR) is 87.6 cm³/mol. The summed E-state index contributed by atoms with van der Waals surface area (Å²) < 4.78 is 4.98. The van der Waals surface area contributed by atoms with E-state index in [1.165, 1.54) is 0 Å². The molecule has 0 saturated carbocycles. The van der Waals surface area contributed by atoms with E-state index >= 15 is 0 Å². The van der Waals surface area contributed by atoms with Crippen LogP contribution < -0.4 is 16.2 Å². The summed E-state index contributed by atoms with van der Waals surface area (Å²) in [5.74, 6) is -0.886. The summed E-state index contributed by atoms with van der Waals surface area (Å²) >= 11 is 4.96. The van der Waals surface area contributed by atoms with Crippen LogP contribution in [0.4, 0.5) is 0 Å². The SMILES string of the molecule is C=CCNC(=S)NNC(=O)c1[nH]c(C)c(C(=O)OCC)c1C. The van der Waals surface area contributed by atoms with E-state index in [-0.39, 0.29) is 17.4 Å². The minimum atomic E-state index is -0.455. The average molecular weight is 324 g/mol. The van der Waals surface area contributed by atoms with Crippen LogP contribution in [-0.4, -0.2) is 35.1 Å². The van der Waals surface area contributed by atoms with Crippen molar-refractivity contribution >= 4 is 29.2 Å². The first kappa shape index (κ1) is 17.7. The number of aromatic amines is 1. The van der Waals surface area contributed by atoms with Crippen molar-refractivity contribution in [3.8, 4) is 0 Å². The van der Waals surface area contributed by atoms with Crippen LogP contribution in [0, 0.1) is 13.8 Å². The minimum absolute atomic E-state index is 0.264. The number of thiocarbonyl (C=S) groups is 1. The van der Waals surface area contributed by atoms with Crippen LogP contribution in [-0.2, 0) is 4.74 Å². The molecule has 0 aromatic carbocycles. The molecule has 1 rings (SSSR count). The molecule has 120 valence electrons. The number of aryl methyl sites for hydroxylation is 1. The molecule has 0 spiro atoms. The van der Waals surface area contributed by atoms with Gasteiger partial charge in [0.25, 0.3) is 5.91 Å². The van der Waals surface area contributed by atoms with Gasteiger partial charge in [-0.2, -0.15) is 0 Å². The van der Waals surface area contributed by atoms with E-state index < -0.39 is 11.9 Å². The van der Waals surface area contributed by atoms with Crippen molar-refractivity contribution in [1.29, 1.82) is 0 Å². The van der Waals surface area contributed by atoms with Crippen LogP contribution in [0.15, 0.2) is 12.7 Å². The largest absolute Gasteiger partial charge is 0.462 e. The normalized spacial score (nSPS) is 9.77. The molecule has 0 bridgehead atoms. The van der Waals surface area contributed by atoms with Gasteiger partial charge in [0.2, 0.25) is 0 Å². The Morgan fingerprint density at radius 1 is 1.36 bits per heavy atom. The molecule has 0 atom stereocenters. The highest BCUT2D eigenvalue weighted by molar-refractivity contribution is 7.80. The molecule has 0 aliphatic heterocycles. The number of ether oxygens (including phenoxy) is 1. The van der Waals surface area contributed by atoms with Crippen LogP contribution in [0.1, 0.15) is 39.0 Å². The van der Waals surface area contributed by atoms with Crippen molar-refractivity contribution in [1.82, 2.24) is 21.2 Å². The molecule has 0 aliphatic carbocycles. The zero-order chi connectivity index (χ0) is 16.7. The second-order valence-corrected chi connectivity index (χ2v) is 4.83. The maximum Gasteiger partial charge on any atom is 0.340 e. The maximum atomic E-state index is 12.1. The highest BCUT2D eigenvalue weighted by Crippen LogP contribution is 2.18. The van der Waals surface area contributed by atoms with Crippen LogP contribution >= 0.6 is 12.2 Å². The number of carbonyl (C=O) groups excluding carboxylic acids is 2. The van der Waals surface area contributed by atoms with Gasteiger partial charge in [0.1, 0.15) is 5.69 Å². The van der Waals surface area contributed by atoms with Crippen LogP contribution in [0.25, 0.3) is 0 Å². The van der Waals surface area contributed by atoms with Gasteiger partial charge in [0, 0.05) is 12.2 Å². The molecule has 4 N–H and O–H groups in total. The van der Waals surface area contributed by atoms with Crippen molar-refractivity contribution in [2.45, 2.75) is 20.8 Å². The summed E-state index contributed by atoms with van der Waals surface area (Å²) in [6.07, 6.45) is 1.64. The Labute approximate surface area is 134 Å². The average Bonchev–Trinajstić information content (AvgIpc) is 2.77. The van der Waals surface area contributed by atoms with E-state index in [9.17, 15) is 9.59 Å². The highest BCUT2D eigenvalue weighted by Gasteiger charge is 2.22. The number of esters is 1. The monoisotopic (exact) mass is 324 g/mol. The van der Waals surface area contributed by atoms with Gasteiger partial charge in [-0.3, -0.25) is 15.6 Å². The lowest BCUT2D eigenvalue weighted by molar-refractivity contribution is 0.0525. The minimum Gasteiger partial charge on any atom is -0.462 e. The number of aromatic nitrogens is 1. The van der Waals surface area contributed by atoms with E-state index in [1.807, 2.05) is 0 Å². The lowest BCUT2D eigenvalue weighted by Crippen LogP contribution is -2.47. The first-order valence-electron chi connectivity index (χ1n) is 6.73. The molecule has 0 unspecified atom stereocenters. The molecule has 0 saturated heterocycles. The zero-order valence-corrected chi connectivity index (χ0v) is 13.6. The third-order valence-corrected chi connectivity index (χ3v) is 3.09. The molecule has 0 fully saturated rings. The summed E-state index contributed by atoms with van der Waals surface area (Å²) in [7, 11) is 0. The maximum absolute atomic E-state index is 12.1. The molecule has 8 heteroatoms. The summed E-state index contributed by atoms with van der Waals surface area (Å²) in [4.78, 5) is 26.9. The third kappa shape index (κ3) is 4.32. The molecule has 0 aliphatic rings. The number of carbonyl (C=O) groups is 2. The molecule has 0 radical (unpaired) electrons. The molecule has 22 heavy (non-hydrogen) atoms. The number of amides is 1. The van der Waals surface area contributed by atoms with Crippen molar-refractivity contribution in [3.05, 3.63) is 35.2 Å². The topological polar surface area (TPSA) is 95.2 Å². The summed E-state index contributed by atoms with van der Waals surface area (Å²) in [5.41, 5.74) is 6.77. The fourth-order valence-electron chi connectivity index (χ4n) is 1.87. The summed E-state index contributed by atoms with van der Waals surface area (Å²) in [6, 6.07) is 0. The third-order valence-electron chi connectivity index (χ3n) is 2.84. The van der Waals surface area contributed by atoms with E-state index in [2.05, 4.69) is 27.7 Å². The van der Waals surface area contributed by atoms with Crippen LogP contribution in [0.3, 0.4) is 0 Å². The molecule has 1 aromatic heterocycles. The number of hydrogen-bond donors (Lipinski definition) is 4. The molecule has 1 amide bonds. The number of rotatable bonds is 5. The van der Waals surface area contributed by atoms with Crippen LogP contribution in [0.2, 0.25) is 0 Å². The van der Waals surface area contributed by atoms with Crippen molar-refractivity contribution in [3.63, 3.8) is 0 Å².